The summed E-state index contributed by atoms with van der Waals surface area (Å²) in [6.45, 7) is 11.4. The third-order valence-electron chi connectivity index (χ3n) is 6.78. The fraction of sp³-hybridized carbons (Fsp3) is 0.471. The number of benzene rings is 2. The normalized spacial score (nSPS) is 15.2. The van der Waals surface area contributed by atoms with Crippen LogP contribution in [0.3, 0.4) is 0 Å². The molecular formula is C34H43FO3. The van der Waals surface area contributed by atoms with Gasteiger partial charge in [0.15, 0.2) is 0 Å². The minimum Gasteiger partial charge on any atom is -0.493 e. The van der Waals surface area contributed by atoms with Gasteiger partial charge in [0.25, 0.3) is 0 Å². The Labute approximate surface area is 229 Å². The maximum atomic E-state index is 15.3. The molecule has 0 aliphatic heterocycles. The number of aryl methyl sites for hydroxylation is 1. The molecule has 3 nitrogen and oxygen atoms in total. The fourth-order valence-electron chi connectivity index (χ4n) is 4.33. The molecule has 2 unspecified atom stereocenters. The average molecular weight is 519 g/mol. The van der Waals surface area contributed by atoms with E-state index in [4.69, 9.17) is 14.2 Å². The van der Waals surface area contributed by atoms with Gasteiger partial charge in [0.2, 0.25) is 0 Å². The van der Waals surface area contributed by atoms with Gasteiger partial charge >= 0.3 is 0 Å². The van der Waals surface area contributed by atoms with E-state index >= 15 is 4.39 Å². The van der Waals surface area contributed by atoms with Crippen LogP contribution in [0.4, 0.5) is 4.39 Å². The highest BCUT2D eigenvalue weighted by Gasteiger charge is 2.22. The first-order chi connectivity index (χ1) is 18.5. The van der Waals surface area contributed by atoms with E-state index in [-0.39, 0.29) is 12.4 Å². The molecule has 0 saturated heterocycles. The molecule has 2 aromatic rings. The number of allylic oxidation sites excluding steroid dienone is 3. The summed E-state index contributed by atoms with van der Waals surface area (Å²) in [4.78, 5) is 0. The predicted molar refractivity (Wildman–Crippen MR) is 154 cm³/mol. The Balaban J connectivity index is 1.70. The van der Waals surface area contributed by atoms with Crippen LogP contribution >= 0.6 is 0 Å². The van der Waals surface area contributed by atoms with Crippen LogP contribution in [0.25, 0.3) is 0 Å². The van der Waals surface area contributed by atoms with Crippen molar-refractivity contribution in [3.63, 3.8) is 0 Å². The molecule has 204 valence electrons. The second-order valence-corrected chi connectivity index (χ2v) is 9.97. The molecule has 0 heterocycles. The van der Waals surface area contributed by atoms with Crippen molar-refractivity contribution in [2.75, 3.05) is 6.61 Å². The summed E-state index contributed by atoms with van der Waals surface area (Å²) < 4.78 is 33.3. The van der Waals surface area contributed by atoms with Crippen LogP contribution in [-0.2, 0) is 17.8 Å². The van der Waals surface area contributed by atoms with Crippen LogP contribution < -0.4 is 9.47 Å². The first-order valence-electron chi connectivity index (χ1n) is 14.1. The largest absolute Gasteiger partial charge is 0.493 e. The minimum atomic E-state index is -0.405. The summed E-state index contributed by atoms with van der Waals surface area (Å²) in [5.41, 5.74) is 2.67. The molecule has 38 heavy (non-hydrogen) atoms. The van der Waals surface area contributed by atoms with E-state index in [1.165, 1.54) is 24.5 Å². The zero-order chi connectivity index (χ0) is 27.3. The van der Waals surface area contributed by atoms with Crippen molar-refractivity contribution in [2.45, 2.75) is 85.9 Å². The van der Waals surface area contributed by atoms with Gasteiger partial charge in [0, 0.05) is 24.1 Å². The zero-order valence-electron chi connectivity index (χ0n) is 23.7. The van der Waals surface area contributed by atoms with Crippen molar-refractivity contribution in [2.24, 2.45) is 11.8 Å². The summed E-state index contributed by atoms with van der Waals surface area (Å²) in [6, 6.07) is 10.9. The Bertz CT molecular complexity index is 1150. The summed E-state index contributed by atoms with van der Waals surface area (Å²) in [5, 5.41) is 0. The van der Waals surface area contributed by atoms with Crippen LogP contribution in [0.1, 0.15) is 77.8 Å². The number of ether oxygens (including phenoxy) is 3. The quantitative estimate of drug-likeness (QED) is 0.184. The van der Waals surface area contributed by atoms with Gasteiger partial charge in [0.1, 0.15) is 29.2 Å². The highest BCUT2D eigenvalue weighted by molar-refractivity contribution is 5.41. The lowest BCUT2D eigenvalue weighted by atomic mass is 9.95. The van der Waals surface area contributed by atoms with E-state index in [0.717, 1.165) is 37.2 Å². The first kappa shape index (κ1) is 29.5. The SMILES string of the molecule is C/C=C(\C=C/C(C#CCC)OCc1c(F)cc(Oc2cccc(OCC3CC3)c2)cc1CC)C(C)CCC. The summed E-state index contributed by atoms with van der Waals surface area (Å²) in [7, 11) is 0. The first-order valence-corrected chi connectivity index (χ1v) is 14.1. The monoisotopic (exact) mass is 518 g/mol. The molecular weight excluding hydrogens is 475 g/mol. The predicted octanol–water partition coefficient (Wildman–Crippen LogP) is 9.21. The average Bonchev–Trinajstić information content (AvgIpc) is 3.74. The molecule has 2 atom stereocenters. The molecule has 1 fully saturated rings. The number of hydrogen-bond donors (Lipinski definition) is 0. The van der Waals surface area contributed by atoms with E-state index in [2.05, 4.69) is 44.8 Å². The second-order valence-electron chi connectivity index (χ2n) is 9.97. The van der Waals surface area contributed by atoms with Crippen molar-refractivity contribution in [3.05, 3.63) is 77.1 Å². The molecule has 1 saturated carbocycles. The van der Waals surface area contributed by atoms with Crippen molar-refractivity contribution in [3.8, 4) is 29.1 Å². The van der Waals surface area contributed by atoms with E-state index in [1.54, 1.807) is 0 Å². The smallest absolute Gasteiger partial charge is 0.137 e. The van der Waals surface area contributed by atoms with E-state index in [1.807, 2.05) is 50.3 Å². The van der Waals surface area contributed by atoms with Gasteiger partial charge < -0.3 is 14.2 Å². The Hall–Kier alpha value is -3.03. The van der Waals surface area contributed by atoms with E-state index in [0.29, 0.717) is 35.3 Å². The maximum absolute atomic E-state index is 15.3. The van der Waals surface area contributed by atoms with Gasteiger partial charge in [-0.15, -0.1) is 5.92 Å². The Kier molecular flexibility index (Phi) is 12.0. The van der Waals surface area contributed by atoms with Crippen molar-refractivity contribution in [1.29, 1.82) is 0 Å². The van der Waals surface area contributed by atoms with Gasteiger partial charge in [-0.3, -0.25) is 0 Å². The molecule has 0 N–H and O–H groups in total. The molecule has 0 amide bonds. The third kappa shape index (κ3) is 9.37. The van der Waals surface area contributed by atoms with Gasteiger partial charge in [0.05, 0.1) is 13.2 Å². The lowest BCUT2D eigenvalue weighted by molar-refractivity contribution is 0.104. The molecule has 2 aromatic carbocycles. The van der Waals surface area contributed by atoms with Gasteiger partial charge in [-0.2, -0.15) is 0 Å². The summed E-state index contributed by atoms with van der Waals surface area (Å²) >= 11 is 0. The van der Waals surface area contributed by atoms with Gasteiger partial charge in [-0.25, -0.2) is 4.39 Å². The van der Waals surface area contributed by atoms with Gasteiger partial charge in [-0.05, 0) is 79.9 Å². The fourth-order valence-corrected chi connectivity index (χ4v) is 4.33. The van der Waals surface area contributed by atoms with Crippen molar-refractivity contribution >= 4 is 0 Å². The highest BCUT2D eigenvalue weighted by atomic mass is 19.1. The number of rotatable bonds is 14. The molecule has 1 aliphatic rings. The molecule has 3 rings (SSSR count). The third-order valence-corrected chi connectivity index (χ3v) is 6.78. The van der Waals surface area contributed by atoms with E-state index < -0.39 is 6.10 Å². The van der Waals surface area contributed by atoms with Crippen molar-refractivity contribution < 1.29 is 18.6 Å². The molecule has 0 spiro atoms. The lowest BCUT2D eigenvalue weighted by Gasteiger charge is -2.16. The summed E-state index contributed by atoms with van der Waals surface area (Å²) in [6.07, 6.45) is 12.0. The molecule has 0 bridgehead atoms. The molecule has 4 heteroatoms. The number of hydrogen-bond acceptors (Lipinski definition) is 3. The van der Waals surface area contributed by atoms with Crippen LogP contribution in [0.2, 0.25) is 0 Å². The minimum absolute atomic E-state index is 0.142. The topological polar surface area (TPSA) is 27.7 Å². The lowest BCUT2D eigenvalue weighted by Crippen LogP contribution is -2.10. The number of halogens is 1. The highest BCUT2D eigenvalue weighted by Crippen LogP contribution is 2.32. The van der Waals surface area contributed by atoms with Crippen LogP contribution in [0, 0.1) is 29.5 Å². The molecule has 0 aromatic heterocycles. The van der Waals surface area contributed by atoms with E-state index in [9.17, 15) is 0 Å². The Morgan fingerprint density at radius 2 is 1.89 bits per heavy atom. The van der Waals surface area contributed by atoms with Crippen LogP contribution in [0.5, 0.6) is 17.2 Å². The molecule has 1 aliphatic carbocycles. The molecule has 0 radical (unpaired) electrons. The Morgan fingerprint density at radius 3 is 2.58 bits per heavy atom. The van der Waals surface area contributed by atoms with Crippen molar-refractivity contribution in [1.82, 2.24) is 0 Å². The zero-order valence-corrected chi connectivity index (χ0v) is 23.7. The van der Waals surface area contributed by atoms with Crippen LogP contribution in [0.15, 0.2) is 60.2 Å². The standard InChI is InChI=1S/C34H43FO3/c1-6-10-13-29(19-18-27(8-3)25(5)12-7-2)37-24-33-28(9-4)20-32(22-34(33)35)38-31-15-11-14-30(21-31)36-23-26-16-17-26/h8,11,14-15,18-22,25-26,29H,6-7,9,12,16-17,23-24H2,1-5H3/b19-18-,27-8+. The maximum Gasteiger partial charge on any atom is 0.137 e. The van der Waals surface area contributed by atoms with Gasteiger partial charge in [-0.1, -0.05) is 58.3 Å². The van der Waals surface area contributed by atoms with Crippen LogP contribution in [-0.4, -0.2) is 12.7 Å². The second kappa shape index (κ2) is 15.4. The summed E-state index contributed by atoms with van der Waals surface area (Å²) in [5.74, 6) is 8.96. The Morgan fingerprint density at radius 1 is 1.11 bits per heavy atom.